The number of anilines is 1. The number of aliphatic imine (C=N–C) groups is 1. The largest absolute Gasteiger partial charge is 0.508 e. The first kappa shape index (κ1) is 19.6. The molecule has 0 atom stereocenters. The third-order valence-corrected chi connectivity index (χ3v) is 5.58. The molecule has 0 spiro atoms. The summed E-state index contributed by atoms with van der Waals surface area (Å²) in [6.45, 7) is 0. The molecular formula is C22H14Cl2N2O2S. The van der Waals surface area contributed by atoms with E-state index in [1.54, 1.807) is 77.7 Å². The summed E-state index contributed by atoms with van der Waals surface area (Å²) in [6, 6.07) is 20.8. The Bertz CT molecular complexity index is 1130. The molecule has 29 heavy (non-hydrogen) atoms. The average molecular weight is 441 g/mol. The van der Waals surface area contributed by atoms with Gasteiger partial charge in [0.2, 0.25) is 0 Å². The van der Waals surface area contributed by atoms with Gasteiger partial charge >= 0.3 is 0 Å². The van der Waals surface area contributed by atoms with Crippen molar-refractivity contribution in [1.82, 2.24) is 0 Å². The van der Waals surface area contributed by atoms with Gasteiger partial charge in [-0.25, -0.2) is 4.99 Å². The number of hydrogen-bond donors (Lipinski definition) is 1. The van der Waals surface area contributed by atoms with Gasteiger partial charge < -0.3 is 5.11 Å². The van der Waals surface area contributed by atoms with Gasteiger partial charge in [-0.15, -0.1) is 0 Å². The second-order valence-electron chi connectivity index (χ2n) is 6.19. The fourth-order valence-electron chi connectivity index (χ4n) is 2.76. The first-order chi connectivity index (χ1) is 14.0. The van der Waals surface area contributed by atoms with Crippen molar-refractivity contribution in [3.63, 3.8) is 0 Å². The summed E-state index contributed by atoms with van der Waals surface area (Å²) in [7, 11) is 0. The molecule has 1 aliphatic heterocycles. The number of carbonyl (C=O) groups is 1. The number of phenolic OH excluding ortho intramolecular Hbond substituents is 1. The predicted molar refractivity (Wildman–Crippen MR) is 121 cm³/mol. The standard InChI is InChI=1S/C22H14Cl2N2O2S/c23-15-4-8-17(9-5-15)25-22-26(18-10-6-16(24)7-11-18)21(28)20(29-22)13-14-2-1-3-19(27)12-14/h1-13,27H. The molecule has 1 saturated heterocycles. The van der Waals surface area contributed by atoms with E-state index in [9.17, 15) is 9.90 Å². The summed E-state index contributed by atoms with van der Waals surface area (Å²) in [4.78, 5) is 19.9. The molecule has 0 aromatic heterocycles. The zero-order valence-electron chi connectivity index (χ0n) is 14.9. The molecule has 0 radical (unpaired) electrons. The van der Waals surface area contributed by atoms with Crippen molar-refractivity contribution in [2.45, 2.75) is 0 Å². The molecule has 1 fully saturated rings. The maximum Gasteiger partial charge on any atom is 0.271 e. The van der Waals surface area contributed by atoms with E-state index in [-0.39, 0.29) is 11.7 Å². The fraction of sp³-hybridized carbons (Fsp3) is 0. The Labute approximate surface area is 182 Å². The molecule has 0 saturated carbocycles. The second-order valence-corrected chi connectivity index (χ2v) is 8.08. The van der Waals surface area contributed by atoms with Crippen molar-refractivity contribution in [3.8, 4) is 5.75 Å². The highest BCUT2D eigenvalue weighted by Gasteiger charge is 2.34. The van der Waals surface area contributed by atoms with Gasteiger partial charge in [-0.05, 0) is 84.1 Å². The zero-order chi connectivity index (χ0) is 20.4. The van der Waals surface area contributed by atoms with Gasteiger partial charge in [0.15, 0.2) is 5.17 Å². The van der Waals surface area contributed by atoms with Crippen LogP contribution in [0.5, 0.6) is 5.75 Å². The smallest absolute Gasteiger partial charge is 0.271 e. The van der Waals surface area contributed by atoms with Gasteiger partial charge in [0, 0.05) is 10.0 Å². The number of aromatic hydroxyl groups is 1. The third-order valence-electron chi connectivity index (χ3n) is 4.11. The summed E-state index contributed by atoms with van der Waals surface area (Å²) >= 11 is 13.2. The lowest BCUT2D eigenvalue weighted by Gasteiger charge is -2.15. The quantitative estimate of drug-likeness (QED) is 0.472. The Morgan fingerprint density at radius 3 is 2.24 bits per heavy atom. The number of halogens is 2. The normalized spacial score (nSPS) is 16.8. The van der Waals surface area contributed by atoms with Crippen LogP contribution in [0.25, 0.3) is 6.08 Å². The van der Waals surface area contributed by atoms with Gasteiger partial charge in [-0.1, -0.05) is 35.3 Å². The minimum Gasteiger partial charge on any atom is -0.508 e. The van der Waals surface area contributed by atoms with Crippen LogP contribution in [0.3, 0.4) is 0 Å². The van der Waals surface area contributed by atoms with Gasteiger partial charge in [0.25, 0.3) is 5.91 Å². The van der Waals surface area contributed by atoms with E-state index in [0.29, 0.717) is 31.5 Å². The molecule has 0 bridgehead atoms. The Hall–Kier alpha value is -2.73. The maximum atomic E-state index is 13.2. The lowest BCUT2D eigenvalue weighted by Crippen LogP contribution is -2.28. The van der Waals surface area contributed by atoms with Gasteiger partial charge in [-0.2, -0.15) is 0 Å². The number of phenols is 1. The number of carbonyl (C=O) groups excluding carboxylic acids is 1. The molecule has 4 nitrogen and oxygen atoms in total. The van der Waals surface area contributed by atoms with E-state index in [0.717, 1.165) is 5.56 Å². The monoisotopic (exact) mass is 440 g/mol. The molecule has 3 aromatic carbocycles. The third kappa shape index (κ3) is 4.48. The fourth-order valence-corrected chi connectivity index (χ4v) is 4.01. The molecule has 7 heteroatoms. The first-order valence-electron chi connectivity index (χ1n) is 8.62. The van der Waals surface area contributed by atoms with Crippen LogP contribution in [0.1, 0.15) is 5.56 Å². The second kappa shape index (κ2) is 8.33. The van der Waals surface area contributed by atoms with Crippen LogP contribution in [0.15, 0.2) is 82.7 Å². The van der Waals surface area contributed by atoms with Crippen LogP contribution >= 0.6 is 35.0 Å². The zero-order valence-corrected chi connectivity index (χ0v) is 17.2. The van der Waals surface area contributed by atoms with Crippen LogP contribution < -0.4 is 4.90 Å². The molecule has 1 amide bonds. The number of amidine groups is 1. The summed E-state index contributed by atoms with van der Waals surface area (Å²) in [5.41, 5.74) is 2.07. The maximum absolute atomic E-state index is 13.2. The van der Waals surface area contributed by atoms with Crippen molar-refractivity contribution in [2.75, 3.05) is 4.90 Å². The van der Waals surface area contributed by atoms with Crippen LogP contribution in [0, 0.1) is 0 Å². The molecule has 0 aliphatic carbocycles. The van der Waals surface area contributed by atoms with Crippen LogP contribution in [0.2, 0.25) is 10.0 Å². The number of nitrogens with zero attached hydrogens (tertiary/aromatic N) is 2. The van der Waals surface area contributed by atoms with Crippen molar-refractivity contribution in [2.24, 2.45) is 4.99 Å². The summed E-state index contributed by atoms with van der Waals surface area (Å²) in [5, 5.41) is 11.4. The molecule has 4 rings (SSSR count). The SMILES string of the molecule is O=C1C(=Cc2cccc(O)c2)SC(=Nc2ccc(Cl)cc2)N1c1ccc(Cl)cc1. The molecule has 3 aromatic rings. The van der Waals surface area contributed by atoms with E-state index in [4.69, 9.17) is 23.2 Å². The minimum atomic E-state index is -0.201. The summed E-state index contributed by atoms with van der Waals surface area (Å²) in [5.74, 6) is -0.0622. The number of thioether (sulfide) groups is 1. The number of amides is 1. The van der Waals surface area contributed by atoms with E-state index >= 15 is 0 Å². The first-order valence-corrected chi connectivity index (χ1v) is 10.2. The Balaban J connectivity index is 1.77. The topological polar surface area (TPSA) is 52.9 Å². The molecular weight excluding hydrogens is 427 g/mol. The molecule has 1 heterocycles. The van der Waals surface area contributed by atoms with Gasteiger partial charge in [0.05, 0.1) is 16.3 Å². The molecule has 1 aliphatic rings. The van der Waals surface area contributed by atoms with Crippen LogP contribution in [0.4, 0.5) is 11.4 Å². The highest BCUT2D eigenvalue weighted by atomic mass is 35.5. The molecule has 144 valence electrons. The van der Waals surface area contributed by atoms with Crippen LogP contribution in [-0.4, -0.2) is 16.2 Å². The minimum absolute atomic E-state index is 0.138. The van der Waals surface area contributed by atoms with Gasteiger partial charge in [-0.3, -0.25) is 9.69 Å². The van der Waals surface area contributed by atoms with Crippen molar-refractivity contribution < 1.29 is 9.90 Å². The highest BCUT2D eigenvalue weighted by Crippen LogP contribution is 2.38. The van der Waals surface area contributed by atoms with E-state index < -0.39 is 0 Å². The summed E-state index contributed by atoms with van der Waals surface area (Å²) in [6.07, 6.45) is 1.74. The average Bonchev–Trinajstić information content (AvgIpc) is 2.99. The predicted octanol–water partition coefficient (Wildman–Crippen LogP) is 6.51. The highest BCUT2D eigenvalue weighted by molar-refractivity contribution is 8.19. The van der Waals surface area contributed by atoms with E-state index in [2.05, 4.69) is 4.99 Å². The van der Waals surface area contributed by atoms with E-state index in [1.165, 1.54) is 11.8 Å². The van der Waals surface area contributed by atoms with Crippen molar-refractivity contribution >= 4 is 63.5 Å². The number of benzene rings is 3. The van der Waals surface area contributed by atoms with E-state index in [1.807, 2.05) is 6.07 Å². The number of rotatable bonds is 3. The Morgan fingerprint density at radius 2 is 1.59 bits per heavy atom. The lowest BCUT2D eigenvalue weighted by atomic mass is 10.2. The Morgan fingerprint density at radius 1 is 0.931 bits per heavy atom. The van der Waals surface area contributed by atoms with Crippen molar-refractivity contribution in [3.05, 3.63) is 93.3 Å². The Kier molecular flexibility index (Phi) is 5.62. The van der Waals surface area contributed by atoms with Crippen molar-refractivity contribution in [1.29, 1.82) is 0 Å². The summed E-state index contributed by atoms with van der Waals surface area (Å²) < 4.78 is 0. The lowest BCUT2D eigenvalue weighted by molar-refractivity contribution is -0.113. The molecule has 0 unspecified atom stereocenters. The molecule has 1 N–H and O–H groups in total. The van der Waals surface area contributed by atoms with Crippen LogP contribution in [-0.2, 0) is 4.79 Å². The number of hydrogen-bond acceptors (Lipinski definition) is 4. The van der Waals surface area contributed by atoms with Gasteiger partial charge in [0.1, 0.15) is 5.75 Å².